The minimum absolute atomic E-state index is 0.0645. The first kappa shape index (κ1) is 16.7. The Labute approximate surface area is 141 Å². The number of ether oxygens (including phenoxy) is 1. The highest BCUT2D eigenvalue weighted by atomic mass is 32.1. The monoisotopic (exact) mass is 338 g/mol. The molecule has 2 fully saturated rings. The van der Waals surface area contributed by atoms with Crippen LogP contribution in [0.3, 0.4) is 0 Å². The van der Waals surface area contributed by atoms with Gasteiger partial charge in [0.1, 0.15) is 5.01 Å². The normalized spacial score (nSPS) is 24.4. The minimum atomic E-state index is -0.0645. The number of hydrogen-bond acceptors (Lipinski definition) is 5. The van der Waals surface area contributed by atoms with E-state index < -0.39 is 0 Å². The van der Waals surface area contributed by atoms with E-state index >= 15 is 0 Å². The van der Waals surface area contributed by atoms with Gasteiger partial charge < -0.3 is 15.0 Å². The highest BCUT2D eigenvalue weighted by molar-refractivity contribution is 7.11. The molecule has 128 valence electrons. The van der Waals surface area contributed by atoms with Crippen molar-refractivity contribution in [2.75, 3.05) is 33.3 Å². The summed E-state index contributed by atoms with van der Waals surface area (Å²) < 4.78 is 5.87. The van der Waals surface area contributed by atoms with Gasteiger partial charge in [0.05, 0.1) is 19.3 Å². The summed E-state index contributed by atoms with van der Waals surface area (Å²) in [7, 11) is 1.81. The molecule has 6 nitrogen and oxygen atoms in total. The van der Waals surface area contributed by atoms with E-state index in [0.717, 1.165) is 24.6 Å². The van der Waals surface area contributed by atoms with Crippen LogP contribution in [0.5, 0.6) is 0 Å². The van der Waals surface area contributed by atoms with Crippen molar-refractivity contribution in [2.24, 2.45) is 0 Å². The van der Waals surface area contributed by atoms with Gasteiger partial charge in [-0.2, -0.15) is 0 Å². The van der Waals surface area contributed by atoms with Crippen LogP contribution in [0.1, 0.15) is 29.7 Å². The number of carbonyl (C=O) groups excluding carboxylic acids is 1. The zero-order valence-electron chi connectivity index (χ0n) is 14.0. The molecule has 0 aliphatic carbocycles. The fourth-order valence-electron chi connectivity index (χ4n) is 3.20. The van der Waals surface area contributed by atoms with Gasteiger partial charge in [-0.1, -0.05) is 6.92 Å². The summed E-state index contributed by atoms with van der Waals surface area (Å²) in [5.74, 6) is 0. The molecule has 1 aromatic heterocycles. The Morgan fingerprint density at radius 2 is 2.48 bits per heavy atom. The smallest absolute Gasteiger partial charge is 0.317 e. The van der Waals surface area contributed by atoms with Crippen molar-refractivity contribution in [3.05, 3.63) is 16.1 Å². The number of morpholine rings is 1. The summed E-state index contributed by atoms with van der Waals surface area (Å²) in [5, 5.41) is 3.97. The molecule has 0 saturated carbocycles. The second-order valence-corrected chi connectivity index (χ2v) is 7.56. The minimum Gasteiger partial charge on any atom is -0.373 e. The third kappa shape index (κ3) is 4.22. The number of nitrogens with one attached hydrogen (secondary N) is 1. The zero-order chi connectivity index (χ0) is 16.2. The van der Waals surface area contributed by atoms with Crippen LogP contribution in [-0.4, -0.2) is 66.2 Å². The van der Waals surface area contributed by atoms with Crippen LogP contribution in [0.4, 0.5) is 4.79 Å². The van der Waals surface area contributed by atoms with E-state index in [1.54, 1.807) is 23.3 Å². The summed E-state index contributed by atoms with van der Waals surface area (Å²) in [6.07, 6.45) is 5.50. The molecule has 2 aliphatic heterocycles. The third-order valence-corrected chi connectivity index (χ3v) is 5.74. The molecule has 0 aromatic carbocycles. The second kappa shape index (κ2) is 7.59. The molecule has 7 heteroatoms. The van der Waals surface area contributed by atoms with Crippen LogP contribution in [0, 0.1) is 0 Å². The standard InChI is InChI=1S/C16H26N4O2S/c1-3-14-8-17-15(23-14)10-19(2)16(21)18-7-13-9-20-6-4-5-12(20)11-22-13/h8,12-13H,3-7,9-11H2,1-2H3,(H,18,21)/t12-,13-/m0/s1. The van der Waals surface area contributed by atoms with Crippen molar-refractivity contribution < 1.29 is 9.53 Å². The number of urea groups is 1. The fourth-order valence-corrected chi connectivity index (χ4v) is 4.12. The van der Waals surface area contributed by atoms with E-state index in [4.69, 9.17) is 4.74 Å². The Hall–Kier alpha value is -1.18. The summed E-state index contributed by atoms with van der Waals surface area (Å²) in [5.41, 5.74) is 0. The molecular weight excluding hydrogens is 312 g/mol. The van der Waals surface area contributed by atoms with Gasteiger partial charge in [0.15, 0.2) is 0 Å². The SMILES string of the molecule is CCc1cnc(CN(C)C(=O)NC[C@H]2CN3CCC[C@H]3CO2)s1. The number of hydrogen-bond donors (Lipinski definition) is 1. The van der Waals surface area contributed by atoms with Gasteiger partial charge in [-0.25, -0.2) is 9.78 Å². The second-order valence-electron chi connectivity index (χ2n) is 6.36. The highest BCUT2D eigenvalue weighted by Crippen LogP contribution is 2.22. The maximum Gasteiger partial charge on any atom is 0.317 e. The van der Waals surface area contributed by atoms with Crippen molar-refractivity contribution in [1.82, 2.24) is 20.1 Å². The Balaban J connectivity index is 1.41. The molecular formula is C16H26N4O2S. The molecule has 2 saturated heterocycles. The molecule has 0 unspecified atom stereocenters. The van der Waals surface area contributed by atoms with Crippen molar-refractivity contribution >= 4 is 17.4 Å². The molecule has 2 amide bonds. The van der Waals surface area contributed by atoms with Gasteiger partial charge in [-0.05, 0) is 25.8 Å². The Bertz CT molecular complexity index is 536. The molecule has 2 aliphatic rings. The van der Waals surface area contributed by atoms with E-state index in [0.29, 0.717) is 19.1 Å². The number of thiazole rings is 1. The van der Waals surface area contributed by atoms with Crippen LogP contribution in [0.2, 0.25) is 0 Å². The quantitative estimate of drug-likeness (QED) is 0.888. The maximum absolute atomic E-state index is 12.2. The van der Waals surface area contributed by atoms with Crippen LogP contribution in [-0.2, 0) is 17.7 Å². The molecule has 23 heavy (non-hydrogen) atoms. The van der Waals surface area contributed by atoms with Gasteiger partial charge in [0, 0.05) is 37.3 Å². The average molecular weight is 338 g/mol. The van der Waals surface area contributed by atoms with E-state index in [2.05, 4.69) is 22.1 Å². The molecule has 1 N–H and O–H groups in total. The lowest BCUT2D eigenvalue weighted by atomic mass is 10.2. The number of carbonyl (C=O) groups is 1. The zero-order valence-corrected chi connectivity index (χ0v) is 14.8. The number of rotatable bonds is 5. The predicted octanol–water partition coefficient (Wildman–Crippen LogP) is 1.71. The first-order valence-electron chi connectivity index (χ1n) is 8.44. The van der Waals surface area contributed by atoms with E-state index in [1.165, 1.54) is 24.3 Å². The van der Waals surface area contributed by atoms with Crippen molar-refractivity contribution in [3.8, 4) is 0 Å². The summed E-state index contributed by atoms with van der Waals surface area (Å²) in [6.45, 7) is 6.14. The molecule has 0 spiro atoms. The lowest BCUT2D eigenvalue weighted by molar-refractivity contribution is -0.0460. The highest BCUT2D eigenvalue weighted by Gasteiger charge is 2.32. The van der Waals surface area contributed by atoms with E-state index in [1.807, 2.05) is 6.20 Å². The van der Waals surface area contributed by atoms with Gasteiger partial charge in [0.2, 0.25) is 0 Å². The van der Waals surface area contributed by atoms with E-state index in [9.17, 15) is 4.79 Å². The van der Waals surface area contributed by atoms with Crippen LogP contribution in [0.25, 0.3) is 0 Å². The van der Waals surface area contributed by atoms with Crippen molar-refractivity contribution in [1.29, 1.82) is 0 Å². The number of aromatic nitrogens is 1. The lowest BCUT2D eigenvalue weighted by Gasteiger charge is -2.35. The third-order valence-electron chi connectivity index (χ3n) is 4.61. The van der Waals surface area contributed by atoms with Crippen molar-refractivity contribution in [2.45, 2.75) is 44.9 Å². The van der Waals surface area contributed by atoms with Gasteiger partial charge >= 0.3 is 6.03 Å². The average Bonchev–Trinajstić information content (AvgIpc) is 3.20. The predicted molar refractivity (Wildman–Crippen MR) is 90.7 cm³/mol. The molecule has 2 atom stereocenters. The molecule has 0 bridgehead atoms. The van der Waals surface area contributed by atoms with E-state index in [-0.39, 0.29) is 12.1 Å². The van der Waals surface area contributed by atoms with Gasteiger partial charge in [-0.3, -0.25) is 4.90 Å². The number of amides is 2. The molecule has 1 aromatic rings. The van der Waals surface area contributed by atoms with Crippen LogP contribution >= 0.6 is 11.3 Å². The maximum atomic E-state index is 12.2. The summed E-state index contributed by atoms with van der Waals surface area (Å²) >= 11 is 1.67. The Morgan fingerprint density at radius 1 is 1.61 bits per heavy atom. The number of fused-ring (bicyclic) bond motifs is 1. The summed E-state index contributed by atoms with van der Waals surface area (Å²) in [4.78, 5) is 22.0. The van der Waals surface area contributed by atoms with Crippen LogP contribution in [0.15, 0.2) is 6.20 Å². The van der Waals surface area contributed by atoms with Gasteiger partial charge in [0.25, 0.3) is 0 Å². The molecule has 3 heterocycles. The Kier molecular flexibility index (Phi) is 5.50. The number of nitrogens with zero attached hydrogens (tertiary/aromatic N) is 3. The first-order valence-corrected chi connectivity index (χ1v) is 9.25. The largest absolute Gasteiger partial charge is 0.373 e. The van der Waals surface area contributed by atoms with Gasteiger partial charge in [-0.15, -0.1) is 11.3 Å². The van der Waals surface area contributed by atoms with Crippen molar-refractivity contribution in [3.63, 3.8) is 0 Å². The summed E-state index contributed by atoms with van der Waals surface area (Å²) in [6, 6.07) is 0.535. The molecule has 3 rings (SSSR count). The topological polar surface area (TPSA) is 57.7 Å². The number of aryl methyl sites for hydroxylation is 1. The fraction of sp³-hybridized carbons (Fsp3) is 0.750. The van der Waals surface area contributed by atoms with Crippen LogP contribution < -0.4 is 5.32 Å². The first-order chi connectivity index (χ1) is 11.2. The lowest BCUT2D eigenvalue weighted by Crippen LogP contribution is -2.51. The molecule has 0 radical (unpaired) electrons. The Morgan fingerprint density at radius 3 is 3.26 bits per heavy atom.